The average molecular weight is 485 g/mol. The molecule has 1 unspecified atom stereocenters. The van der Waals surface area contributed by atoms with Gasteiger partial charge in [0, 0.05) is 56.3 Å². The van der Waals surface area contributed by atoms with Crippen LogP contribution in [0.4, 0.5) is 5.69 Å². The van der Waals surface area contributed by atoms with Gasteiger partial charge in [-0.25, -0.2) is 17.9 Å². The number of aromatic nitrogens is 3. The van der Waals surface area contributed by atoms with Crippen molar-refractivity contribution in [3.63, 3.8) is 0 Å². The lowest BCUT2D eigenvalue weighted by molar-refractivity contribution is -0.119. The maximum Gasteiger partial charge on any atom is 0.240 e. The highest BCUT2D eigenvalue weighted by atomic mass is 32.2. The predicted molar refractivity (Wildman–Crippen MR) is 128 cm³/mol. The number of nitrogens with zero attached hydrogens (tertiary/aromatic N) is 5. The van der Waals surface area contributed by atoms with Gasteiger partial charge in [-0.1, -0.05) is 12.1 Å². The zero-order valence-corrected chi connectivity index (χ0v) is 20.0. The first-order valence-electron chi connectivity index (χ1n) is 11.4. The number of carbonyl (C=O) groups excluding carboxylic acids is 1. The van der Waals surface area contributed by atoms with Crippen molar-refractivity contribution in [2.75, 3.05) is 43.9 Å². The van der Waals surface area contributed by atoms with Gasteiger partial charge in [-0.3, -0.25) is 4.79 Å². The summed E-state index contributed by atoms with van der Waals surface area (Å²) in [7, 11) is -3.15. The van der Waals surface area contributed by atoms with Gasteiger partial charge in [0.15, 0.2) is 0 Å². The molecule has 34 heavy (non-hydrogen) atoms. The standard InChI is InChI=1S/C23H28N6O4S/c1-16(18-13-22(30)24-14-18)33-23-21-7-8-25-29(21)15-20(26-23)17-3-5-19(6-4-17)27-9-11-28(12-10-27)34(2,31)32/h3-8,15-16,18H,9-14H2,1-2H3,(H,24,30)/t16?,18-/m1/s1. The number of fused-ring (bicyclic) bond motifs is 1. The Bertz CT molecular complexity index is 1300. The minimum Gasteiger partial charge on any atom is -0.473 e. The van der Waals surface area contributed by atoms with Gasteiger partial charge in [0.05, 0.1) is 24.3 Å². The van der Waals surface area contributed by atoms with Crippen LogP contribution >= 0.6 is 0 Å². The number of hydrogen-bond donors (Lipinski definition) is 1. The quantitative estimate of drug-likeness (QED) is 0.563. The molecule has 10 nitrogen and oxygen atoms in total. The monoisotopic (exact) mass is 484 g/mol. The van der Waals surface area contributed by atoms with Crippen molar-refractivity contribution in [3.8, 4) is 17.1 Å². The molecule has 0 saturated carbocycles. The van der Waals surface area contributed by atoms with E-state index in [0.717, 1.165) is 22.5 Å². The average Bonchev–Trinajstić information content (AvgIpc) is 3.48. The number of anilines is 1. The molecule has 4 heterocycles. The number of carbonyl (C=O) groups is 1. The minimum absolute atomic E-state index is 0.0504. The fraction of sp³-hybridized carbons (Fsp3) is 0.435. The molecular weight excluding hydrogens is 456 g/mol. The van der Waals surface area contributed by atoms with E-state index in [4.69, 9.17) is 9.72 Å². The number of nitrogens with one attached hydrogen (secondary N) is 1. The highest BCUT2D eigenvalue weighted by Crippen LogP contribution is 2.28. The Morgan fingerprint density at radius 1 is 1.12 bits per heavy atom. The number of rotatable bonds is 6. The summed E-state index contributed by atoms with van der Waals surface area (Å²) in [6.45, 7) is 4.84. The van der Waals surface area contributed by atoms with Crippen LogP contribution in [0.25, 0.3) is 16.8 Å². The van der Waals surface area contributed by atoms with Gasteiger partial charge in [-0.2, -0.15) is 9.40 Å². The summed E-state index contributed by atoms with van der Waals surface area (Å²) >= 11 is 0. The topological polar surface area (TPSA) is 109 Å². The van der Waals surface area contributed by atoms with E-state index in [9.17, 15) is 13.2 Å². The SMILES string of the molecule is CC(Oc1nc(-c2ccc(N3CCN(S(C)(=O)=O)CC3)cc2)cn2nccc12)[C@H]1CNC(=O)C1. The van der Waals surface area contributed by atoms with E-state index in [2.05, 4.69) is 15.3 Å². The molecule has 0 bridgehead atoms. The summed E-state index contributed by atoms with van der Waals surface area (Å²) in [5.74, 6) is 0.640. The van der Waals surface area contributed by atoms with Gasteiger partial charge in [0.25, 0.3) is 0 Å². The number of ether oxygens (including phenoxy) is 1. The van der Waals surface area contributed by atoms with Crippen LogP contribution in [0.3, 0.4) is 0 Å². The van der Waals surface area contributed by atoms with Crippen LogP contribution in [-0.4, -0.2) is 78.3 Å². The van der Waals surface area contributed by atoms with E-state index in [-0.39, 0.29) is 17.9 Å². The third kappa shape index (κ3) is 4.58. The van der Waals surface area contributed by atoms with Crippen molar-refractivity contribution in [2.45, 2.75) is 19.4 Å². The third-order valence-electron chi connectivity index (χ3n) is 6.56. The first kappa shape index (κ1) is 22.6. The number of sulfonamides is 1. The number of piperazine rings is 1. The van der Waals surface area contributed by atoms with E-state index in [1.54, 1.807) is 10.7 Å². The van der Waals surface area contributed by atoms with Crippen LogP contribution in [-0.2, 0) is 14.8 Å². The fourth-order valence-corrected chi connectivity index (χ4v) is 5.30. The van der Waals surface area contributed by atoms with Crippen LogP contribution in [0.1, 0.15) is 13.3 Å². The molecule has 0 radical (unpaired) electrons. The second kappa shape index (κ2) is 8.88. The molecule has 0 aliphatic carbocycles. The zero-order valence-electron chi connectivity index (χ0n) is 19.2. The molecule has 180 valence electrons. The van der Waals surface area contributed by atoms with Gasteiger partial charge in [0.1, 0.15) is 11.6 Å². The smallest absolute Gasteiger partial charge is 0.240 e. The van der Waals surface area contributed by atoms with Crippen LogP contribution < -0.4 is 15.0 Å². The van der Waals surface area contributed by atoms with E-state index in [1.807, 2.05) is 43.5 Å². The predicted octanol–water partition coefficient (Wildman–Crippen LogP) is 1.38. The first-order chi connectivity index (χ1) is 16.3. The number of benzene rings is 1. The van der Waals surface area contributed by atoms with Gasteiger partial charge < -0.3 is 15.0 Å². The Balaban J connectivity index is 1.35. The van der Waals surface area contributed by atoms with Crippen molar-refractivity contribution < 1.29 is 17.9 Å². The molecule has 5 rings (SSSR count). The summed E-state index contributed by atoms with van der Waals surface area (Å²) in [5.41, 5.74) is 3.47. The van der Waals surface area contributed by atoms with E-state index in [1.165, 1.54) is 10.6 Å². The molecule has 2 aliphatic rings. The summed E-state index contributed by atoms with van der Waals surface area (Å²) in [6.07, 6.45) is 5.11. The second-order valence-electron chi connectivity index (χ2n) is 8.88. The Morgan fingerprint density at radius 3 is 2.50 bits per heavy atom. The molecule has 2 fully saturated rings. The van der Waals surface area contributed by atoms with E-state index < -0.39 is 10.0 Å². The number of hydrogen-bond acceptors (Lipinski definition) is 7. The summed E-state index contributed by atoms with van der Waals surface area (Å²) < 4.78 is 33.0. The van der Waals surface area contributed by atoms with Gasteiger partial charge in [-0.05, 0) is 25.1 Å². The maximum absolute atomic E-state index is 11.8. The van der Waals surface area contributed by atoms with Crippen LogP contribution in [0.2, 0.25) is 0 Å². The number of amides is 1. The normalized spacial score (nSPS) is 20.5. The van der Waals surface area contributed by atoms with E-state index in [0.29, 0.717) is 45.0 Å². The Hall–Kier alpha value is -3.18. The van der Waals surface area contributed by atoms with E-state index >= 15 is 0 Å². The van der Waals surface area contributed by atoms with Crippen LogP contribution in [0.5, 0.6) is 5.88 Å². The molecule has 2 aliphatic heterocycles. The lowest BCUT2D eigenvalue weighted by Crippen LogP contribution is -2.48. The van der Waals surface area contributed by atoms with Gasteiger partial charge in [0.2, 0.25) is 21.8 Å². The molecule has 2 aromatic heterocycles. The zero-order chi connectivity index (χ0) is 23.9. The molecular formula is C23H28N6O4S. The molecule has 0 spiro atoms. The third-order valence-corrected chi connectivity index (χ3v) is 7.87. The van der Waals surface area contributed by atoms with Crippen molar-refractivity contribution in [1.82, 2.24) is 24.2 Å². The van der Waals surface area contributed by atoms with Crippen LogP contribution in [0, 0.1) is 5.92 Å². The van der Waals surface area contributed by atoms with Gasteiger partial charge >= 0.3 is 0 Å². The summed E-state index contributed by atoms with van der Waals surface area (Å²) in [5, 5.41) is 7.22. The molecule has 3 aromatic rings. The summed E-state index contributed by atoms with van der Waals surface area (Å²) in [6, 6.07) is 9.92. The summed E-state index contributed by atoms with van der Waals surface area (Å²) in [4.78, 5) is 18.6. The van der Waals surface area contributed by atoms with Crippen LogP contribution in [0.15, 0.2) is 42.7 Å². The molecule has 1 amide bonds. The maximum atomic E-state index is 11.8. The molecule has 2 atom stereocenters. The molecule has 1 aromatic carbocycles. The highest BCUT2D eigenvalue weighted by molar-refractivity contribution is 7.88. The Labute approximate surface area is 198 Å². The lowest BCUT2D eigenvalue weighted by Gasteiger charge is -2.34. The van der Waals surface area contributed by atoms with Crippen molar-refractivity contribution >= 4 is 27.1 Å². The van der Waals surface area contributed by atoms with Crippen molar-refractivity contribution in [2.24, 2.45) is 5.92 Å². The molecule has 11 heteroatoms. The molecule has 1 N–H and O–H groups in total. The first-order valence-corrected chi connectivity index (χ1v) is 13.2. The minimum atomic E-state index is -3.15. The fourth-order valence-electron chi connectivity index (χ4n) is 4.48. The molecule has 2 saturated heterocycles. The van der Waals surface area contributed by atoms with Crippen molar-refractivity contribution in [3.05, 3.63) is 42.7 Å². The lowest BCUT2D eigenvalue weighted by atomic mass is 10.0. The Kier molecular flexibility index (Phi) is 5.90. The van der Waals surface area contributed by atoms with Crippen molar-refractivity contribution in [1.29, 1.82) is 0 Å². The second-order valence-corrected chi connectivity index (χ2v) is 10.9. The Morgan fingerprint density at radius 2 is 1.85 bits per heavy atom. The van der Waals surface area contributed by atoms with Gasteiger partial charge in [-0.15, -0.1) is 0 Å². The highest BCUT2D eigenvalue weighted by Gasteiger charge is 2.29. The largest absolute Gasteiger partial charge is 0.473 e.